The zero-order chi connectivity index (χ0) is 32.5. The lowest BCUT2D eigenvalue weighted by atomic mass is 9.96. The highest BCUT2D eigenvalue weighted by molar-refractivity contribution is 4.97. The fraction of sp³-hybridized carbons (Fsp3) is 1.00. The van der Waals surface area contributed by atoms with Crippen molar-refractivity contribution in [2.75, 3.05) is 26.4 Å². The maximum absolute atomic E-state index is 10.9. The van der Waals surface area contributed by atoms with Gasteiger partial charge in [-0.3, -0.25) is 0 Å². The molecule has 0 aromatic rings. The van der Waals surface area contributed by atoms with Crippen molar-refractivity contribution >= 4 is 0 Å². The first-order chi connectivity index (χ1) is 20.9. The van der Waals surface area contributed by atoms with Crippen LogP contribution in [-0.4, -0.2) is 210 Å². The first kappa shape index (κ1) is 36.0. The van der Waals surface area contributed by atoms with Gasteiger partial charge in [0.15, 0.2) is 25.2 Å². The molecule has 20 nitrogen and oxygen atoms in total. The van der Waals surface area contributed by atoms with E-state index in [1.54, 1.807) is 0 Å². The summed E-state index contributed by atoms with van der Waals surface area (Å²) in [5, 5.41) is 132. The van der Waals surface area contributed by atoms with Crippen molar-refractivity contribution in [3.63, 3.8) is 0 Å². The smallest absolute Gasteiger partial charge is 0.187 e. The molecule has 13 N–H and O–H groups in total. The van der Waals surface area contributed by atoms with Gasteiger partial charge >= 0.3 is 0 Å². The molecular formula is C24H42O20. The van der Waals surface area contributed by atoms with Gasteiger partial charge in [-0.1, -0.05) is 0 Å². The lowest BCUT2D eigenvalue weighted by molar-refractivity contribution is -0.385. The minimum Gasteiger partial charge on any atom is -0.394 e. The van der Waals surface area contributed by atoms with Crippen molar-refractivity contribution in [1.29, 1.82) is 0 Å². The SMILES string of the molecule is OCC1O[C@@H](O[C@H]2C(O)C(O)[C@H](O)O[C@H]2CO)C(O)[C@@H](O)[C@@H]1O[C@@H]1O[C@@H](CO)[C@@H](O[C@@H]2OC(CO)[C@@H](O)CC2O)C(O)C1O. The molecule has 20 heteroatoms. The van der Waals surface area contributed by atoms with E-state index in [4.69, 9.17) is 33.2 Å². The van der Waals surface area contributed by atoms with Gasteiger partial charge in [0, 0.05) is 6.42 Å². The van der Waals surface area contributed by atoms with Crippen LogP contribution in [0.4, 0.5) is 0 Å². The third-order valence-corrected chi connectivity index (χ3v) is 8.07. The normalized spacial score (nSPS) is 52.2. The second kappa shape index (κ2) is 15.4. The van der Waals surface area contributed by atoms with Gasteiger partial charge in [-0.2, -0.15) is 0 Å². The maximum atomic E-state index is 10.9. The van der Waals surface area contributed by atoms with Crippen LogP contribution in [0, 0.1) is 0 Å². The zero-order valence-electron chi connectivity index (χ0n) is 23.2. The molecule has 0 radical (unpaired) electrons. The van der Waals surface area contributed by atoms with Gasteiger partial charge in [-0.05, 0) is 0 Å². The summed E-state index contributed by atoms with van der Waals surface area (Å²) < 4.78 is 38.0. The topological polar surface area (TPSA) is 328 Å². The monoisotopic (exact) mass is 650 g/mol. The Morgan fingerprint density at radius 3 is 1.20 bits per heavy atom. The zero-order valence-corrected chi connectivity index (χ0v) is 23.2. The molecule has 4 aliphatic heterocycles. The fourth-order valence-corrected chi connectivity index (χ4v) is 5.52. The molecule has 44 heavy (non-hydrogen) atoms. The summed E-state index contributed by atoms with van der Waals surface area (Å²) >= 11 is 0. The molecule has 0 aromatic heterocycles. The molecule has 258 valence electrons. The van der Waals surface area contributed by atoms with Gasteiger partial charge in [-0.15, -0.1) is 0 Å². The standard InChI is InChI=1S/C24H42O20/c25-2-8-6(29)1-7(30)22(39-8)42-19-10(4-27)40-24(16(35)13(19)32)44-20-11(5-28)41-23(17(36)14(20)33)43-18-9(3-26)38-21(37)15(34)12(18)31/h6-37H,1-5H2/t6-,7?,8?,9-,10-,11?,12?,13?,14+,15?,16?,17?,18+,19+,20+,21+,22-,23-,24-/m0/s1. The lowest BCUT2D eigenvalue weighted by Crippen LogP contribution is -2.67. The molecule has 8 unspecified atom stereocenters. The molecule has 4 rings (SSSR count). The first-order valence-corrected chi connectivity index (χ1v) is 14.0. The predicted molar refractivity (Wildman–Crippen MR) is 132 cm³/mol. The summed E-state index contributed by atoms with van der Waals surface area (Å²) in [4.78, 5) is 0. The van der Waals surface area contributed by atoms with Gasteiger partial charge in [-0.25, -0.2) is 0 Å². The summed E-state index contributed by atoms with van der Waals surface area (Å²) in [5.41, 5.74) is 0. The third-order valence-electron chi connectivity index (χ3n) is 8.07. The van der Waals surface area contributed by atoms with E-state index in [1.807, 2.05) is 0 Å². The van der Waals surface area contributed by atoms with E-state index in [0.717, 1.165) is 0 Å². The Kier molecular flexibility index (Phi) is 12.6. The third kappa shape index (κ3) is 7.35. The van der Waals surface area contributed by atoms with Gasteiger partial charge in [0.05, 0.1) is 32.5 Å². The Bertz CT molecular complexity index is 881. The van der Waals surface area contributed by atoms with E-state index >= 15 is 0 Å². The second-order valence-corrected chi connectivity index (χ2v) is 11.0. The highest BCUT2D eigenvalue weighted by Crippen LogP contribution is 2.34. The molecular weight excluding hydrogens is 608 g/mol. The minimum atomic E-state index is -1.98. The molecule has 4 aliphatic rings. The lowest BCUT2D eigenvalue weighted by Gasteiger charge is -2.48. The Hall–Kier alpha value is -0.800. The van der Waals surface area contributed by atoms with Crippen molar-refractivity contribution < 1.29 is 99.5 Å². The summed E-state index contributed by atoms with van der Waals surface area (Å²) in [6, 6.07) is 0. The molecule has 0 spiro atoms. The molecule has 0 aromatic carbocycles. The molecule has 4 saturated heterocycles. The van der Waals surface area contributed by atoms with Crippen molar-refractivity contribution in [1.82, 2.24) is 0 Å². The van der Waals surface area contributed by atoms with Gasteiger partial charge in [0.2, 0.25) is 0 Å². The molecule has 0 bridgehead atoms. The average molecular weight is 651 g/mol. The number of rotatable bonds is 10. The molecule has 19 atom stereocenters. The van der Waals surface area contributed by atoms with Gasteiger partial charge in [0.1, 0.15) is 85.5 Å². The molecule has 0 aliphatic carbocycles. The summed E-state index contributed by atoms with van der Waals surface area (Å²) in [6.45, 7) is -3.11. The number of hydrogen-bond donors (Lipinski definition) is 13. The molecule has 4 heterocycles. The number of hydrogen-bond acceptors (Lipinski definition) is 20. The maximum Gasteiger partial charge on any atom is 0.187 e. The quantitative estimate of drug-likeness (QED) is 0.104. The molecule has 0 amide bonds. The predicted octanol–water partition coefficient (Wildman–Crippen LogP) is -8.72. The Morgan fingerprint density at radius 1 is 0.409 bits per heavy atom. The van der Waals surface area contributed by atoms with Crippen LogP contribution in [0.1, 0.15) is 6.42 Å². The number of aliphatic hydroxyl groups excluding tert-OH is 13. The first-order valence-electron chi connectivity index (χ1n) is 14.0. The van der Waals surface area contributed by atoms with Crippen LogP contribution in [0.25, 0.3) is 0 Å². The van der Waals surface area contributed by atoms with Crippen LogP contribution < -0.4 is 0 Å². The molecule has 4 fully saturated rings. The van der Waals surface area contributed by atoms with Gasteiger partial charge in [0.25, 0.3) is 0 Å². The van der Waals surface area contributed by atoms with E-state index in [9.17, 15) is 66.4 Å². The molecule has 0 saturated carbocycles. The van der Waals surface area contributed by atoms with E-state index < -0.39 is 143 Å². The van der Waals surface area contributed by atoms with E-state index in [1.165, 1.54) is 0 Å². The van der Waals surface area contributed by atoms with E-state index in [0.29, 0.717) is 0 Å². The van der Waals surface area contributed by atoms with Gasteiger partial charge < -0.3 is 99.5 Å². The highest BCUT2D eigenvalue weighted by atomic mass is 16.8. The van der Waals surface area contributed by atoms with E-state index in [-0.39, 0.29) is 6.42 Å². The van der Waals surface area contributed by atoms with Crippen molar-refractivity contribution in [2.45, 2.75) is 123 Å². The summed E-state index contributed by atoms with van der Waals surface area (Å²) in [7, 11) is 0. The van der Waals surface area contributed by atoms with Crippen LogP contribution in [0.5, 0.6) is 0 Å². The largest absolute Gasteiger partial charge is 0.394 e. The Balaban J connectivity index is 1.42. The van der Waals surface area contributed by atoms with Crippen LogP contribution in [0.15, 0.2) is 0 Å². The van der Waals surface area contributed by atoms with Crippen LogP contribution in [0.2, 0.25) is 0 Å². The highest BCUT2D eigenvalue weighted by Gasteiger charge is 2.54. The average Bonchev–Trinajstić information content (AvgIpc) is 3.00. The van der Waals surface area contributed by atoms with E-state index in [2.05, 4.69) is 0 Å². The van der Waals surface area contributed by atoms with Crippen molar-refractivity contribution in [3.05, 3.63) is 0 Å². The van der Waals surface area contributed by atoms with Crippen LogP contribution in [0.3, 0.4) is 0 Å². The van der Waals surface area contributed by atoms with Crippen molar-refractivity contribution in [2.24, 2.45) is 0 Å². The Labute approximate surface area is 249 Å². The summed E-state index contributed by atoms with van der Waals surface area (Å²) in [6.07, 6.45) is -31.5. The number of ether oxygens (including phenoxy) is 7. The Morgan fingerprint density at radius 2 is 0.773 bits per heavy atom. The minimum absolute atomic E-state index is 0.247. The fourth-order valence-electron chi connectivity index (χ4n) is 5.52. The van der Waals surface area contributed by atoms with Crippen LogP contribution in [-0.2, 0) is 33.2 Å². The van der Waals surface area contributed by atoms with Crippen molar-refractivity contribution in [3.8, 4) is 0 Å². The van der Waals surface area contributed by atoms with Crippen LogP contribution >= 0.6 is 0 Å². The summed E-state index contributed by atoms with van der Waals surface area (Å²) in [5.74, 6) is 0. The number of aliphatic hydroxyl groups is 13. The second-order valence-electron chi connectivity index (χ2n) is 11.0.